The largest absolute Gasteiger partial charge is 0.481 e. The number of ether oxygens (including phenoxy) is 1. The summed E-state index contributed by atoms with van der Waals surface area (Å²) in [5.74, 6) is -0.175. The van der Waals surface area contributed by atoms with E-state index in [1.807, 2.05) is 6.92 Å². The first-order chi connectivity index (χ1) is 12.8. The molecule has 0 saturated heterocycles. The normalized spacial score (nSPS) is 24.0. The van der Waals surface area contributed by atoms with Crippen LogP contribution in [0.15, 0.2) is 0 Å². The first-order valence-electron chi connectivity index (χ1n) is 11.2. The second kappa shape index (κ2) is 13.2. The Morgan fingerprint density at radius 2 is 1.70 bits per heavy atom. The molecule has 0 aromatic heterocycles. The van der Waals surface area contributed by atoms with Crippen molar-refractivity contribution in [1.29, 1.82) is 0 Å². The van der Waals surface area contributed by atoms with Crippen molar-refractivity contribution in [2.24, 2.45) is 29.6 Å². The fourth-order valence-electron chi connectivity index (χ4n) is 4.27. The van der Waals surface area contributed by atoms with E-state index in [0.29, 0.717) is 25.4 Å². The van der Waals surface area contributed by atoms with Crippen LogP contribution < -0.4 is 0 Å². The lowest BCUT2D eigenvalue weighted by molar-refractivity contribution is -0.160. The zero-order chi connectivity index (χ0) is 20.2. The van der Waals surface area contributed by atoms with E-state index in [2.05, 4.69) is 20.8 Å². The van der Waals surface area contributed by atoms with Gasteiger partial charge in [0.05, 0.1) is 18.4 Å². The summed E-state index contributed by atoms with van der Waals surface area (Å²) in [5.41, 5.74) is 0. The van der Waals surface area contributed by atoms with Gasteiger partial charge in [0, 0.05) is 0 Å². The Morgan fingerprint density at radius 3 is 2.33 bits per heavy atom. The molecule has 4 unspecified atom stereocenters. The summed E-state index contributed by atoms with van der Waals surface area (Å²) in [5, 5.41) is 9.59. The molecule has 1 aliphatic carbocycles. The van der Waals surface area contributed by atoms with Crippen LogP contribution in [0.4, 0.5) is 0 Å². The second-order valence-corrected chi connectivity index (χ2v) is 9.11. The topological polar surface area (TPSA) is 63.6 Å². The van der Waals surface area contributed by atoms with Crippen molar-refractivity contribution in [2.75, 3.05) is 6.61 Å². The number of carboxylic acid groups (broad SMARTS) is 1. The van der Waals surface area contributed by atoms with E-state index in [4.69, 9.17) is 4.74 Å². The van der Waals surface area contributed by atoms with Gasteiger partial charge in [-0.25, -0.2) is 0 Å². The maximum absolute atomic E-state index is 12.3. The molecule has 1 aliphatic rings. The second-order valence-electron chi connectivity index (χ2n) is 9.11. The number of carbonyl (C=O) groups is 2. The Balaban J connectivity index is 2.35. The van der Waals surface area contributed by atoms with Crippen LogP contribution in [0.2, 0.25) is 0 Å². The number of aliphatic carboxylic acids is 1. The van der Waals surface area contributed by atoms with Crippen molar-refractivity contribution >= 4 is 11.9 Å². The quantitative estimate of drug-likeness (QED) is 0.310. The first-order valence-corrected chi connectivity index (χ1v) is 11.2. The first kappa shape index (κ1) is 24.0. The van der Waals surface area contributed by atoms with Crippen molar-refractivity contribution in [3.63, 3.8) is 0 Å². The fraction of sp³-hybridized carbons (Fsp3) is 0.913. The van der Waals surface area contributed by atoms with Crippen LogP contribution in [0.1, 0.15) is 98.3 Å². The van der Waals surface area contributed by atoms with Crippen LogP contribution in [0.25, 0.3) is 0 Å². The van der Waals surface area contributed by atoms with Crippen molar-refractivity contribution in [3.05, 3.63) is 0 Å². The van der Waals surface area contributed by atoms with Gasteiger partial charge in [0.25, 0.3) is 0 Å². The highest BCUT2D eigenvalue weighted by Gasteiger charge is 2.40. The zero-order valence-electron chi connectivity index (χ0n) is 18.0. The predicted molar refractivity (Wildman–Crippen MR) is 110 cm³/mol. The summed E-state index contributed by atoms with van der Waals surface area (Å²) < 4.78 is 5.30. The molecule has 0 aromatic carbocycles. The Bertz CT molecular complexity index is 432. The van der Waals surface area contributed by atoms with E-state index in [-0.39, 0.29) is 5.97 Å². The smallest absolute Gasteiger partial charge is 0.309 e. The van der Waals surface area contributed by atoms with E-state index in [0.717, 1.165) is 37.5 Å². The van der Waals surface area contributed by atoms with E-state index < -0.39 is 17.8 Å². The third-order valence-corrected chi connectivity index (χ3v) is 6.11. The van der Waals surface area contributed by atoms with Crippen LogP contribution in [-0.4, -0.2) is 23.7 Å². The molecule has 158 valence electrons. The number of rotatable bonds is 13. The van der Waals surface area contributed by atoms with Gasteiger partial charge in [0.2, 0.25) is 0 Å². The monoisotopic (exact) mass is 382 g/mol. The highest BCUT2D eigenvalue weighted by molar-refractivity contribution is 5.81. The van der Waals surface area contributed by atoms with Gasteiger partial charge in [0.15, 0.2) is 0 Å². The van der Waals surface area contributed by atoms with Crippen LogP contribution in [-0.2, 0) is 14.3 Å². The molecule has 0 radical (unpaired) electrons. The Hall–Kier alpha value is -1.06. The molecule has 1 fully saturated rings. The molecule has 0 bridgehead atoms. The van der Waals surface area contributed by atoms with Crippen molar-refractivity contribution in [1.82, 2.24) is 0 Å². The molecule has 1 N–H and O–H groups in total. The lowest BCUT2D eigenvalue weighted by Crippen LogP contribution is -2.36. The molecule has 4 nitrogen and oxygen atoms in total. The number of esters is 1. The van der Waals surface area contributed by atoms with Crippen molar-refractivity contribution in [3.8, 4) is 0 Å². The molecule has 0 aliphatic heterocycles. The summed E-state index contributed by atoms with van der Waals surface area (Å²) in [4.78, 5) is 24.0. The molecule has 0 aromatic rings. The summed E-state index contributed by atoms with van der Waals surface area (Å²) in [7, 11) is 0. The average molecular weight is 383 g/mol. The minimum absolute atomic E-state index is 0.298. The van der Waals surface area contributed by atoms with Crippen molar-refractivity contribution in [2.45, 2.75) is 98.3 Å². The maximum Gasteiger partial charge on any atom is 0.309 e. The SMILES string of the molecule is CCCCOC(=O)C1CCC(CCCC(C)CCCC(C)C)CC1C(=O)O. The zero-order valence-corrected chi connectivity index (χ0v) is 18.0. The minimum atomic E-state index is -0.834. The van der Waals surface area contributed by atoms with Gasteiger partial charge in [-0.15, -0.1) is 0 Å². The number of hydrogen-bond donors (Lipinski definition) is 1. The van der Waals surface area contributed by atoms with Crippen LogP contribution in [0.3, 0.4) is 0 Å². The van der Waals surface area contributed by atoms with Gasteiger partial charge >= 0.3 is 11.9 Å². The van der Waals surface area contributed by atoms with Crippen LogP contribution >= 0.6 is 0 Å². The summed E-state index contributed by atoms with van der Waals surface area (Å²) in [6.07, 6.45) is 11.5. The molecule has 1 rings (SSSR count). The number of unbranched alkanes of at least 4 members (excludes halogenated alkanes) is 1. The molecule has 4 heteroatoms. The van der Waals surface area contributed by atoms with E-state index in [1.54, 1.807) is 0 Å². The molecule has 1 saturated carbocycles. The lowest BCUT2D eigenvalue weighted by atomic mass is 9.72. The molecule has 27 heavy (non-hydrogen) atoms. The molecule has 0 spiro atoms. The molecule has 4 atom stereocenters. The van der Waals surface area contributed by atoms with Gasteiger partial charge in [-0.2, -0.15) is 0 Å². The Labute approximate surface area is 166 Å². The van der Waals surface area contributed by atoms with E-state index in [9.17, 15) is 14.7 Å². The predicted octanol–water partition coefficient (Wildman–Crippen LogP) is 6.08. The average Bonchev–Trinajstić information content (AvgIpc) is 2.61. The number of carbonyl (C=O) groups excluding carboxylic acids is 1. The standard InChI is InChI=1S/C23H42O4/c1-5-6-15-27-23(26)20-14-13-19(16-21(20)22(24)25)12-8-11-18(4)10-7-9-17(2)3/h17-21H,5-16H2,1-4H3,(H,24,25). The Morgan fingerprint density at radius 1 is 1.00 bits per heavy atom. The third kappa shape index (κ3) is 9.62. The van der Waals surface area contributed by atoms with Crippen molar-refractivity contribution < 1.29 is 19.4 Å². The Kier molecular flexibility index (Phi) is 11.7. The number of hydrogen-bond acceptors (Lipinski definition) is 3. The molecular weight excluding hydrogens is 340 g/mol. The third-order valence-electron chi connectivity index (χ3n) is 6.11. The summed E-state index contributed by atoms with van der Waals surface area (Å²) in [6.45, 7) is 9.35. The fourth-order valence-corrected chi connectivity index (χ4v) is 4.27. The summed E-state index contributed by atoms with van der Waals surface area (Å²) >= 11 is 0. The van der Waals surface area contributed by atoms with E-state index >= 15 is 0 Å². The molecule has 0 amide bonds. The molecular formula is C23H42O4. The highest BCUT2D eigenvalue weighted by atomic mass is 16.5. The summed E-state index contributed by atoms with van der Waals surface area (Å²) in [6, 6.07) is 0. The van der Waals surface area contributed by atoms with Crippen LogP contribution in [0.5, 0.6) is 0 Å². The van der Waals surface area contributed by atoms with Crippen LogP contribution in [0, 0.1) is 29.6 Å². The van der Waals surface area contributed by atoms with Gasteiger partial charge in [-0.05, 0) is 43.4 Å². The van der Waals surface area contributed by atoms with Gasteiger partial charge in [-0.1, -0.05) is 72.6 Å². The van der Waals surface area contributed by atoms with Gasteiger partial charge < -0.3 is 9.84 Å². The van der Waals surface area contributed by atoms with E-state index in [1.165, 1.54) is 32.1 Å². The molecule has 0 heterocycles. The minimum Gasteiger partial charge on any atom is -0.481 e. The highest BCUT2D eigenvalue weighted by Crippen LogP contribution is 2.37. The lowest BCUT2D eigenvalue weighted by Gasteiger charge is -2.32. The van der Waals surface area contributed by atoms with Gasteiger partial charge in [0.1, 0.15) is 0 Å². The number of carboxylic acids is 1. The maximum atomic E-state index is 12.3. The van der Waals surface area contributed by atoms with Gasteiger partial charge in [-0.3, -0.25) is 9.59 Å².